The lowest BCUT2D eigenvalue weighted by molar-refractivity contribution is -0.135. The minimum absolute atomic E-state index is 0.117. The van der Waals surface area contributed by atoms with Crippen LogP contribution in [0.3, 0.4) is 0 Å². The summed E-state index contributed by atoms with van der Waals surface area (Å²) in [7, 11) is 0. The maximum atomic E-state index is 12.5. The van der Waals surface area contributed by atoms with E-state index in [4.69, 9.17) is 0 Å². The summed E-state index contributed by atoms with van der Waals surface area (Å²) in [6, 6.07) is 15.6. The average Bonchev–Trinajstić information content (AvgIpc) is 3.30. The molecule has 1 atom stereocenters. The molecule has 1 aliphatic heterocycles. The molecule has 2 aliphatic rings. The molecule has 2 amide bonds. The summed E-state index contributed by atoms with van der Waals surface area (Å²) in [5, 5.41) is 3.08. The van der Waals surface area contributed by atoms with Crippen LogP contribution in [0.4, 0.5) is 0 Å². The van der Waals surface area contributed by atoms with E-state index in [9.17, 15) is 14.4 Å². The fraction of sp³-hybridized carbons (Fsp3) is 0.286. The quantitative estimate of drug-likeness (QED) is 0.810. The van der Waals surface area contributed by atoms with Crippen LogP contribution in [0.2, 0.25) is 0 Å². The van der Waals surface area contributed by atoms with Gasteiger partial charge in [-0.3, -0.25) is 9.59 Å². The maximum Gasteiger partial charge on any atom is 0.224 e. The molecular weight excluding hydrogens is 360 g/mol. The van der Waals surface area contributed by atoms with Crippen molar-refractivity contribution in [2.75, 3.05) is 11.6 Å². The number of hydrogen-bond acceptors (Lipinski definition) is 4. The first-order valence-corrected chi connectivity index (χ1v) is 10.1. The van der Waals surface area contributed by atoms with Gasteiger partial charge in [-0.05, 0) is 22.3 Å². The summed E-state index contributed by atoms with van der Waals surface area (Å²) in [5.74, 6) is 0.860. The molecule has 4 rings (SSSR count). The first-order valence-electron chi connectivity index (χ1n) is 8.99. The number of nitrogens with one attached hydrogen (secondary N) is 1. The Labute approximate surface area is 162 Å². The molecule has 1 saturated heterocycles. The van der Waals surface area contributed by atoms with E-state index in [0.29, 0.717) is 11.6 Å². The Morgan fingerprint density at radius 1 is 1.04 bits per heavy atom. The second-order valence-corrected chi connectivity index (χ2v) is 7.74. The van der Waals surface area contributed by atoms with Crippen molar-refractivity contribution in [1.29, 1.82) is 0 Å². The molecule has 27 heavy (non-hydrogen) atoms. The van der Waals surface area contributed by atoms with E-state index in [1.165, 1.54) is 0 Å². The van der Waals surface area contributed by atoms with E-state index < -0.39 is 0 Å². The highest BCUT2D eigenvalue weighted by atomic mass is 32.2. The van der Waals surface area contributed by atoms with Crippen LogP contribution in [0.15, 0.2) is 48.5 Å². The molecule has 2 aromatic rings. The highest BCUT2D eigenvalue weighted by Crippen LogP contribution is 2.43. The summed E-state index contributed by atoms with van der Waals surface area (Å²) in [6.07, 6.45) is 1.05. The minimum Gasteiger partial charge on any atom is -0.345 e. The number of amides is 2. The lowest BCUT2D eigenvalue weighted by atomic mass is 10.1. The number of fused-ring (bicyclic) bond motifs is 3. The zero-order valence-corrected chi connectivity index (χ0v) is 15.6. The number of benzene rings is 2. The lowest BCUT2D eigenvalue weighted by Gasteiger charge is -2.20. The molecule has 1 N–H and O–H groups in total. The molecule has 0 radical (unpaired) electrons. The van der Waals surface area contributed by atoms with E-state index in [1.807, 2.05) is 36.4 Å². The van der Waals surface area contributed by atoms with Gasteiger partial charge in [0.2, 0.25) is 11.8 Å². The minimum atomic E-state index is -0.362. The molecule has 0 saturated carbocycles. The number of thioether (sulfide) groups is 1. The van der Waals surface area contributed by atoms with E-state index in [1.54, 1.807) is 16.7 Å². The van der Waals surface area contributed by atoms with Gasteiger partial charge in [-0.25, -0.2) is 0 Å². The van der Waals surface area contributed by atoms with Crippen molar-refractivity contribution in [1.82, 2.24) is 10.2 Å². The third-order valence-electron chi connectivity index (χ3n) is 5.10. The second-order valence-electron chi connectivity index (χ2n) is 6.74. The van der Waals surface area contributed by atoms with Crippen LogP contribution in [-0.2, 0) is 14.4 Å². The maximum absolute atomic E-state index is 12.5. The van der Waals surface area contributed by atoms with Gasteiger partial charge >= 0.3 is 0 Å². The number of carbonyl (C=O) groups excluding carboxylic acids is 3. The Kier molecular flexibility index (Phi) is 4.99. The normalized spacial score (nSPS) is 18.1. The Morgan fingerprint density at radius 2 is 1.67 bits per heavy atom. The third kappa shape index (κ3) is 3.37. The van der Waals surface area contributed by atoms with Gasteiger partial charge in [0.15, 0.2) is 0 Å². The highest BCUT2D eigenvalue weighted by Gasteiger charge is 2.31. The standard InChI is InChI=1S/C21H20N2O3S/c24-11-14-12-27-13-23(14)20(26)10-9-19(25)22-21-17-7-3-1-5-15(17)16-6-2-4-8-18(16)21/h1-8,11,14,21H,9-10,12-13H2,(H,22,25)/t14-/m1/s1. The van der Waals surface area contributed by atoms with Crippen molar-refractivity contribution < 1.29 is 14.4 Å². The summed E-state index contributed by atoms with van der Waals surface area (Å²) < 4.78 is 0. The predicted molar refractivity (Wildman–Crippen MR) is 105 cm³/mol. The first kappa shape index (κ1) is 17.8. The van der Waals surface area contributed by atoms with Crippen LogP contribution in [0.1, 0.15) is 30.0 Å². The molecule has 0 spiro atoms. The molecule has 5 nitrogen and oxygen atoms in total. The topological polar surface area (TPSA) is 66.5 Å². The number of rotatable bonds is 5. The Morgan fingerprint density at radius 3 is 2.30 bits per heavy atom. The zero-order chi connectivity index (χ0) is 18.8. The largest absolute Gasteiger partial charge is 0.345 e. The van der Waals surface area contributed by atoms with Crippen molar-refractivity contribution in [3.63, 3.8) is 0 Å². The van der Waals surface area contributed by atoms with Gasteiger partial charge in [-0.1, -0.05) is 48.5 Å². The molecular formula is C21H20N2O3S. The van der Waals surface area contributed by atoms with Gasteiger partial charge in [-0.2, -0.15) is 0 Å². The third-order valence-corrected chi connectivity index (χ3v) is 6.14. The Bertz CT molecular complexity index is 853. The van der Waals surface area contributed by atoms with Gasteiger partial charge in [0.05, 0.1) is 18.0 Å². The van der Waals surface area contributed by atoms with Crippen LogP contribution in [0.5, 0.6) is 0 Å². The van der Waals surface area contributed by atoms with Crippen molar-refractivity contribution in [3.05, 3.63) is 59.7 Å². The molecule has 6 heteroatoms. The summed E-state index contributed by atoms with van der Waals surface area (Å²) >= 11 is 1.56. The lowest BCUT2D eigenvalue weighted by Crippen LogP contribution is -2.38. The summed E-state index contributed by atoms with van der Waals surface area (Å²) in [4.78, 5) is 37.5. The van der Waals surface area contributed by atoms with Crippen molar-refractivity contribution in [2.45, 2.75) is 24.9 Å². The first-order chi connectivity index (χ1) is 13.2. The Balaban J connectivity index is 1.43. The van der Waals surface area contributed by atoms with Crippen LogP contribution >= 0.6 is 11.8 Å². The summed E-state index contributed by atoms with van der Waals surface area (Å²) in [6.45, 7) is 0. The van der Waals surface area contributed by atoms with Crippen molar-refractivity contribution in [2.24, 2.45) is 0 Å². The molecule has 1 aliphatic carbocycles. The second kappa shape index (κ2) is 7.56. The fourth-order valence-electron chi connectivity index (χ4n) is 3.74. The van der Waals surface area contributed by atoms with Crippen LogP contribution in [-0.4, -0.2) is 40.7 Å². The van der Waals surface area contributed by atoms with Gasteiger partial charge in [-0.15, -0.1) is 11.8 Å². The average molecular weight is 380 g/mol. The number of nitrogens with zero attached hydrogens (tertiary/aromatic N) is 1. The predicted octanol–water partition coefficient (Wildman–Crippen LogP) is 2.75. The van der Waals surface area contributed by atoms with Gasteiger partial charge < -0.3 is 15.0 Å². The number of aldehydes is 1. The number of hydrogen-bond donors (Lipinski definition) is 1. The van der Waals surface area contributed by atoms with Gasteiger partial charge in [0.1, 0.15) is 6.29 Å². The monoisotopic (exact) mass is 380 g/mol. The van der Waals surface area contributed by atoms with E-state index in [0.717, 1.165) is 28.5 Å². The summed E-state index contributed by atoms with van der Waals surface area (Å²) in [5.41, 5.74) is 4.43. The Hall–Kier alpha value is -2.60. The van der Waals surface area contributed by atoms with E-state index in [-0.39, 0.29) is 36.7 Å². The van der Waals surface area contributed by atoms with E-state index >= 15 is 0 Å². The fourth-order valence-corrected chi connectivity index (χ4v) is 4.87. The van der Waals surface area contributed by atoms with Gasteiger partial charge in [0.25, 0.3) is 0 Å². The van der Waals surface area contributed by atoms with Crippen LogP contribution in [0.25, 0.3) is 11.1 Å². The molecule has 0 aromatic heterocycles. The van der Waals surface area contributed by atoms with Crippen molar-refractivity contribution >= 4 is 29.9 Å². The van der Waals surface area contributed by atoms with Crippen LogP contribution in [0, 0.1) is 0 Å². The zero-order valence-electron chi connectivity index (χ0n) is 14.8. The van der Waals surface area contributed by atoms with E-state index in [2.05, 4.69) is 17.4 Å². The van der Waals surface area contributed by atoms with Gasteiger partial charge in [0, 0.05) is 18.6 Å². The molecule has 0 bridgehead atoms. The molecule has 2 aromatic carbocycles. The van der Waals surface area contributed by atoms with Crippen LogP contribution < -0.4 is 5.32 Å². The molecule has 1 fully saturated rings. The molecule has 0 unspecified atom stereocenters. The smallest absolute Gasteiger partial charge is 0.224 e. The van der Waals surface area contributed by atoms with Crippen molar-refractivity contribution in [3.8, 4) is 11.1 Å². The number of carbonyl (C=O) groups is 3. The SMILES string of the molecule is O=C[C@@H]1CSCN1C(=O)CCC(=O)NC1c2ccccc2-c2ccccc21. The molecule has 1 heterocycles. The highest BCUT2D eigenvalue weighted by molar-refractivity contribution is 7.99. The molecule has 138 valence electrons.